The summed E-state index contributed by atoms with van der Waals surface area (Å²) in [5.74, 6) is 0. The Hall–Kier alpha value is -0.500. The monoisotopic (exact) mass is 157 g/mol. The van der Waals surface area contributed by atoms with E-state index in [1.54, 1.807) is 0 Å². The molecule has 0 bridgehead atoms. The molecule has 0 aliphatic rings. The van der Waals surface area contributed by atoms with Crippen LogP contribution in [-0.2, 0) is 4.74 Å². The minimum atomic E-state index is -0.0310. The van der Waals surface area contributed by atoms with Gasteiger partial charge in [0.1, 0.15) is 0 Å². The first-order valence-electron chi connectivity index (χ1n) is 3.95. The molecule has 0 aliphatic carbocycles. The predicted molar refractivity (Wildman–Crippen MR) is 48.5 cm³/mol. The molecule has 0 saturated carbocycles. The standard InChI is InChI=1S/C9H19NO/c1-8(2)10-6-7-11-9(3,4)5/h10H,1,6-7H2,2-5H3. The minimum absolute atomic E-state index is 0.0310. The average molecular weight is 157 g/mol. The Morgan fingerprint density at radius 2 is 2.00 bits per heavy atom. The number of allylic oxidation sites excluding steroid dienone is 1. The maximum Gasteiger partial charge on any atom is 0.0646 e. The number of hydrogen-bond acceptors (Lipinski definition) is 2. The van der Waals surface area contributed by atoms with Crippen LogP contribution in [0.4, 0.5) is 0 Å². The highest BCUT2D eigenvalue weighted by Gasteiger charge is 2.08. The van der Waals surface area contributed by atoms with Gasteiger partial charge in [-0.05, 0) is 27.7 Å². The molecule has 2 heteroatoms. The molecule has 11 heavy (non-hydrogen) atoms. The first-order valence-corrected chi connectivity index (χ1v) is 3.95. The van der Waals surface area contributed by atoms with Crippen LogP contribution in [0.15, 0.2) is 12.3 Å². The van der Waals surface area contributed by atoms with Gasteiger partial charge in [0.25, 0.3) is 0 Å². The molecule has 0 aromatic rings. The van der Waals surface area contributed by atoms with Crippen LogP contribution in [0, 0.1) is 0 Å². The second kappa shape index (κ2) is 4.39. The largest absolute Gasteiger partial charge is 0.387 e. The fraction of sp³-hybridized carbons (Fsp3) is 0.778. The highest BCUT2D eigenvalue weighted by atomic mass is 16.5. The van der Waals surface area contributed by atoms with E-state index in [2.05, 4.69) is 11.9 Å². The van der Waals surface area contributed by atoms with Gasteiger partial charge in [-0.25, -0.2) is 0 Å². The van der Waals surface area contributed by atoms with E-state index in [0.29, 0.717) is 0 Å². The molecule has 0 aliphatic heterocycles. The summed E-state index contributed by atoms with van der Waals surface area (Å²) in [7, 11) is 0. The van der Waals surface area contributed by atoms with Crippen LogP contribution in [0.25, 0.3) is 0 Å². The molecule has 0 amide bonds. The number of rotatable bonds is 4. The summed E-state index contributed by atoms with van der Waals surface area (Å²) in [5, 5.41) is 3.10. The van der Waals surface area contributed by atoms with Crippen LogP contribution in [0.3, 0.4) is 0 Å². The summed E-state index contributed by atoms with van der Waals surface area (Å²) < 4.78 is 5.48. The van der Waals surface area contributed by atoms with Crippen molar-refractivity contribution in [2.45, 2.75) is 33.3 Å². The average Bonchev–Trinajstić information content (AvgIpc) is 1.78. The summed E-state index contributed by atoms with van der Waals surface area (Å²) in [4.78, 5) is 0. The van der Waals surface area contributed by atoms with Gasteiger partial charge in [-0.2, -0.15) is 0 Å². The summed E-state index contributed by atoms with van der Waals surface area (Å²) in [6.07, 6.45) is 0. The minimum Gasteiger partial charge on any atom is -0.387 e. The van der Waals surface area contributed by atoms with Crippen molar-refractivity contribution in [3.8, 4) is 0 Å². The smallest absolute Gasteiger partial charge is 0.0646 e. The van der Waals surface area contributed by atoms with Gasteiger partial charge in [0, 0.05) is 12.2 Å². The Morgan fingerprint density at radius 3 is 2.36 bits per heavy atom. The second-order valence-electron chi connectivity index (χ2n) is 3.67. The van der Waals surface area contributed by atoms with Gasteiger partial charge in [0.15, 0.2) is 0 Å². The van der Waals surface area contributed by atoms with E-state index in [-0.39, 0.29) is 5.60 Å². The van der Waals surface area contributed by atoms with Gasteiger partial charge in [0.2, 0.25) is 0 Å². The molecule has 0 aromatic heterocycles. The lowest BCUT2D eigenvalue weighted by molar-refractivity contribution is -0.0000639. The summed E-state index contributed by atoms with van der Waals surface area (Å²) in [5.41, 5.74) is 0.957. The Labute approximate surface area is 69.6 Å². The van der Waals surface area contributed by atoms with Gasteiger partial charge < -0.3 is 10.1 Å². The van der Waals surface area contributed by atoms with Gasteiger partial charge in [-0.15, -0.1) is 0 Å². The second-order valence-corrected chi connectivity index (χ2v) is 3.67. The van der Waals surface area contributed by atoms with Crippen LogP contribution < -0.4 is 5.32 Å². The van der Waals surface area contributed by atoms with E-state index in [9.17, 15) is 0 Å². The molecular weight excluding hydrogens is 138 g/mol. The Kier molecular flexibility index (Phi) is 4.19. The van der Waals surface area contributed by atoms with Gasteiger partial charge in [0.05, 0.1) is 12.2 Å². The van der Waals surface area contributed by atoms with E-state index in [4.69, 9.17) is 4.74 Å². The third kappa shape index (κ3) is 9.50. The van der Waals surface area contributed by atoms with Crippen molar-refractivity contribution in [2.75, 3.05) is 13.2 Å². The maximum absolute atomic E-state index is 5.48. The third-order valence-electron chi connectivity index (χ3n) is 1.06. The van der Waals surface area contributed by atoms with Gasteiger partial charge in [-0.1, -0.05) is 6.58 Å². The number of nitrogens with one attached hydrogen (secondary N) is 1. The van der Waals surface area contributed by atoms with Crippen molar-refractivity contribution in [1.82, 2.24) is 5.32 Å². The first kappa shape index (κ1) is 10.5. The molecule has 0 rings (SSSR count). The lowest BCUT2D eigenvalue weighted by Gasteiger charge is -2.19. The molecule has 2 nitrogen and oxygen atoms in total. The van der Waals surface area contributed by atoms with Crippen LogP contribution in [0.2, 0.25) is 0 Å². The summed E-state index contributed by atoms with van der Waals surface area (Å²) in [6, 6.07) is 0. The van der Waals surface area contributed by atoms with Gasteiger partial charge >= 0.3 is 0 Å². The zero-order chi connectivity index (χ0) is 8.91. The Bertz CT molecular complexity index is 124. The number of hydrogen-bond donors (Lipinski definition) is 1. The Morgan fingerprint density at radius 1 is 1.45 bits per heavy atom. The van der Waals surface area contributed by atoms with Crippen LogP contribution >= 0.6 is 0 Å². The molecule has 0 unspecified atom stereocenters. The first-order chi connectivity index (χ1) is 4.92. The zero-order valence-electron chi connectivity index (χ0n) is 8.03. The fourth-order valence-corrected chi connectivity index (χ4v) is 0.622. The van der Waals surface area contributed by atoms with Crippen LogP contribution in [-0.4, -0.2) is 18.8 Å². The molecule has 0 heterocycles. The predicted octanol–water partition coefficient (Wildman–Crippen LogP) is 1.92. The highest BCUT2D eigenvalue weighted by molar-refractivity contribution is 4.83. The molecule has 0 saturated heterocycles. The fourth-order valence-electron chi connectivity index (χ4n) is 0.622. The summed E-state index contributed by atoms with van der Waals surface area (Å²) in [6.45, 7) is 13.4. The van der Waals surface area contributed by atoms with Crippen LogP contribution in [0.1, 0.15) is 27.7 Å². The van der Waals surface area contributed by atoms with Crippen LogP contribution in [0.5, 0.6) is 0 Å². The van der Waals surface area contributed by atoms with Crippen molar-refractivity contribution in [3.63, 3.8) is 0 Å². The zero-order valence-corrected chi connectivity index (χ0v) is 8.03. The van der Waals surface area contributed by atoms with Crippen molar-refractivity contribution >= 4 is 0 Å². The molecule has 66 valence electrons. The maximum atomic E-state index is 5.48. The van der Waals surface area contributed by atoms with E-state index in [0.717, 1.165) is 18.8 Å². The molecular formula is C9H19NO. The molecule has 0 fully saturated rings. The van der Waals surface area contributed by atoms with E-state index < -0.39 is 0 Å². The van der Waals surface area contributed by atoms with Crippen molar-refractivity contribution in [1.29, 1.82) is 0 Å². The highest BCUT2D eigenvalue weighted by Crippen LogP contribution is 2.04. The lowest BCUT2D eigenvalue weighted by atomic mass is 10.2. The lowest BCUT2D eigenvalue weighted by Crippen LogP contribution is -2.25. The quantitative estimate of drug-likeness (QED) is 0.629. The third-order valence-corrected chi connectivity index (χ3v) is 1.06. The molecule has 0 radical (unpaired) electrons. The SMILES string of the molecule is C=C(C)NCCOC(C)(C)C. The van der Waals surface area contributed by atoms with Crippen molar-refractivity contribution in [3.05, 3.63) is 12.3 Å². The normalized spacial score (nSPS) is 11.3. The summed E-state index contributed by atoms with van der Waals surface area (Å²) >= 11 is 0. The van der Waals surface area contributed by atoms with E-state index in [1.165, 1.54) is 0 Å². The van der Waals surface area contributed by atoms with Gasteiger partial charge in [-0.3, -0.25) is 0 Å². The molecule has 1 N–H and O–H groups in total. The van der Waals surface area contributed by atoms with E-state index >= 15 is 0 Å². The van der Waals surface area contributed by atoms with E-state index in [1.807, 2.05) is 27.7 Å². The van der Waals surface area contributed by atoms with Crippen molar-refractivity contribution in [2.24, 2.45) is 0 Å². The number of ether oxygens (including phenoxy) is 1. The Balaban J connectivity index is 3.22. The molecule has 0 atom stereocenters. The molecule has 0 spiro atoms. The molecule has 0 aromatic carbocycles. The van der Waals surface area contributed by atoms with Crippen molar-refractivity contribution < 1.29 is 4.74 Å². The topological polar surface area (TPSA) is 21.3 Å².